The molecule has 0 spiro atoms. The molecule has 2 amide bonds. The molecular formula is C12H19N5O4S. The van der Waals surface area contributed by atoms with Crippen molar-refractivity contribution < 1.29 is 19.4 Å². The lowest BCUT2D eigenvalue weighted by molar-refractivity contribution is -0.120. The van der Waals surface area contributed by atoms with E-state index in [1.165, 1.54) is 16.7 Å². The quantitative estimate of drug-likeness (QED) is 0.740. The van der Waals surface area contributed by atoms with Crippen LogP contribution < -0.4 is 5.32 Å². The van der Waals surface area contributed by atoms with E-state index in [0.29, 0.717) is 11.6 Å². The van der Waals surface area contributed by atoms with Crippen LogP contribution in [0.1, 0.15) is 26.6 Å². The molecule has 0 radical (unpaired) electrons. The Bertz CT molecular complexity index is 556. The number of H-pyrrole nitrogens is 1. The highest BCUT2D eigenvalue weighted by molar-refractivity contribution is 7.99. The van der Waals surface area contributed by atoms with Crippen LogP contribution in [0.25, 0.3) is 0 Å². The maximum absolute atomic E-state index is 12.3. The van der Waals surface area contributed by atoms with Gasteiger partial charge in [-0.3, -0.25) is 20.1 Å². The fraction of sp³-hybridized carbons (Fsp3) is 0.667. The maximum Gasteiger partial charge on any atom is 0.411 e. The lowest BCUT2D eigenvalue weighted by Gasteiger charge is -2.27. The highest BCUT2D eigenvalue weighted by atomic mass is 32.2. The molecule has 1 saturated heterocycles. The molecule has 9 nitrogen and oxygen atoms in total. The largest absolute Gasteiger partial charge is 0.444 e. The van der Waals surface area contributed by atoms with E-state index in [0.717, 1.165) is 0 Å². The molecule has 1 aromatic heterocycles. The van der Waals surface area contributed by atoms with Gasteiger partial charge in [0, 0.05) is 5.75 Å². The summed E-state index contributed by atoms with van der Waals surface area (Å²) in [6.07, 6.45) is -0.524. The molecule has 22 heavy (non-hydrogen) atoms. The molecule has 0 bridgehead atoms. The predicted octanol–water partition coefficient (Wildman–Crippen LogP) is 0.545. The van der Waals surface area contributed by atoms with Gasteiger partial charge in [-0.05, 0) is 20.8 Å². The minimum Gasteiger partial charge on any atom is -0.444 e. The predicted molar refractivity (Wildman–Crippen MR) is 80.1 cm³/mol. The fourth-order valence-corrected chi connectivity index (χ4v) is 2.92. The molecule has 10 heteroatoms. The van der Waals surface area contributed by atoms with Gasteiger partial charge in [0.2, 0.25) is 5.95 Å². The second kappa shape index (κ2) is 6.53. The van der Waals surface area contributed by atoms with Gasteiger partial charge in [-0.1, -0.05) is 0 Å². The number of hydrogen-bond acceptors (Lipinski definition) is 7. The molecule has 2 rings (SSSR count). The molecule has 0 unspecified atom stereocenters. The number of carbonyl (C=O) groups is 2. The Morgan fingerprint density at radius 1 is 1.55 bits per heavy atom. The molecule has 0 saturated carbocycles. The van der Waals surface area contributed by atoms with Crippen molar-refractivity contribution >= 4 is 29.7 Å². The van der Waals surface area contributed by atoms with Crippen LogP contribution in [-0.4, -0.2) is 60.5 Å². The van der Waals surface area contributed by atoms with Crippen LogP contribution in [-0.2, 0) is 16.1 Å². The Hall–Kier alpha value is -1.81. The third-order valence-electron chi connectivity index (χ3n) is 2.73. The van der Waals surface area contributed by atoms with E-state index >= 15 is 0 Å². The van der Waals surface area contributed by atoms with Gasteiger partial charge < -0.3 is 9.84 Å². The molecule has 0 aliphatic carbocycles. The van der Waals surface area contributed by atoms with E-state index in [4.69, 9.17) is 9.84 Å². The first-order valence-electron chi connectivity index (χ1n) is 6.70. The fourth-order valence-electron chi connectivity index (χ4n) is 1.78. The van der Waals surface area contributed by atoms with Crippen molar-refractivity contribution in [3.8, 4) is 0 Å². The second-order valence-corrected chi connectivity index (χ2v) is 6.72. The number of hydrogen-bond donors (Lipinski definition) is 3. The topological polar surface area (TPSA) is 120 Å². The molecule has 122 valence electrons. The van der Waals surface area contributed by atoms with Gasteiger partial charge in [0.25, 0.3) is 5.91 Å². The molecule has 1 aromatic rings. The van der Waals surface area contributed by atoms with Crippen molar-refractivity contribution in [1.82, 2.24) is 20.1 Å². The van der Waals surface area contributed by atoms with Crippen LogP contribution in [0, 0.1) is 0 Å². The Labute approximate surface area is 131 Å². The van der Waals surface area contributed by atoms with E-state index in [9.17, 15) is 9.59 Å². The Balaban J connectivity index is 2.00. The summed E-state index contributed by atoms with van der Waals surface area (Å²) in [4.78, 5) is 29.6. The van der Waals surface area contributed by atoms with Gasteiger partial charge in [0.1, 0.15) is 18.2 Å². The summed E-state index contributed by atoms with van der Waals surface area (Å²) < 4.78 is 5.30. The van der Waals surface area contributed by atoms with Crippen molar-refractivity contribution in [2.24, 2.45) is 0 Å². The number of nitrogens with one attached hydrogen (secondary N) is 2. The summed E-state index contributed by atoms with van der Waals surface area (Å²) >= 11 is 1.47. The summed E-state index contributed by atoms with van der Waals surface area (Å²) in [6.45, 7) is 5.01. The molecule has 1 atom stereocenters. The number of aromatic amines is 1. The van der Waals surface area contributed by atoms with Gasteiger partial charge in [-0.2, -0.15) is 4.98 Å². The van der Waals surface area contributed by atoms with Crippen LogP contribution >= 0.6 is 11.8 Å². The van der Waals surface area contributed by atoms with Gasteiger partial charge >= 0.3 is 6.09 Å². The third kappa shape index (κ3) is 4.10. The third-order valence-corrected chi connectivity index (χ3v) is 3.74. The minimum absolute atomic E-state index is 0.0649. The summed E-state index contributed by atoms with van der Waals surface area (Å²) in [7, 11) is 0. The molecule has 1 aliphatic heterocycles. The first-order chi connectivity index (χ1) is 10.3. The second-order valence-electron chi connectivity index (χ2n) is 5.72. The van der Waals surface area contributed by atoms with E-state index < -0.39 is 17.7 Å². The minimum atomic E-state index is -0.643. The Kier molecular flexibility index (Phi) is 4.91. The van der Waals surface area contributed by atoms with Gasteiger partial charge in [-0.15, -0.1) is 16.9 Å². The molecule has 1 aliphatic rings. The van der Waals surface area contributed by atoms with Crippen molar-refractivity contribution in [3.63, 3.8) is 0 Å². The van der Waals surface area contributed by atoms with E-state index in [1.807, 2.05) is 0 Å². The maximum atomic E-state index is 12.3. The van der Waals surface area contributed by atoms with Crippen LogP contribution in [0.5, 0.6) is 0 Å². The number of aliphatic hydroxyl groups is 1. The van der Waals surface area contributed by atoms with Crippen molar-refractivity contribution in [3.05, 3.63) is 5.82 Å². The number of aromatic nitrogens is 3. The molecule has 3 N–H and O–H groups in total. The first-order valence-corrected chi connectivity index (χ1v) is 7.86. The zero-order chi connectivity index (χ0) is 16.3. The highest BCUT2D eigenvalue weighted by Gasteiger charge is 2.37. The number of thioether (sulfide) groups is 1. The van der Waals surface area contributed by atoms with Crippen LogP contribution in [0.2, 0.25) is 0 Å². The van der Waals surface area contributed by atoms with E-state index in [1.54, 1.807) is 20.8 Å². The first kappa shape index (κ1) is 16.6. The zero-order valence-corrected chi connectivity index (χ0v) is 13.4. The molecule has 1 fully saturated rings. The molecular weight excluding hydrogens is 310 g/mol. The van der Waals surface area contributed by atoms with Crippen molar-refractivity contribution in [2.75, 3.05) is 16.9 Å². The molecule has 2 heterocycles. The summed E-state index contributed by atoms with van der Waals surface area (Å²) in [5.74, 6) is 0.792. The average molecular weight is 329 g/mol. The lowest BCUT2D eigenvalue weighted by Crippen LogP contribution is -2.46. The monoisotopic (exact) mass is 329 g/mol. The smallest absolute Gasteiger partial charge is 0.411 e. The normalized spacial score (nSPS) is 18.4. The average Bonchev–Trinajstić information content (AvgIpc) is 3.04. The standard InChI is InChI=1S/C12H19N5O4S/c1-12(2,3)21-11(20)17-6-22-5-7(17)9(19)14-10-13-8(4-18)15-16-10/h7,18H,4-6H2,1-3H3,(H2,13,14,15,16,19)/t7-/m1/s1. The van der Waals surface area contributed by atoms with Crippen LogP contribution in [0.15, 0.2) is 0 Å². The summed E-state index contributed by atoms with van der Waals surface area (Å²) in [5.41, 5.74) is -0.620. The summed E-state index contributed by atoms with van der Waals surface area (Å²) in [5, 5.41) is 17.7. The lowest BCUT2D eigenvalue weighted by atomic mass is 10.2. The van der Waals surface area contributed by atoms with Crippen molar-refractivity contribution in [2.45, 2.75) is 39.0 Å². The number of anilines is 1. The van der Waals surface area contributed by atoms with E-state index in [2.05, 4.69) is 20.5 Å². The van der Waals surface area contributed by atoms with Gasteiger partial charge in [0.15, 0.2) is 5.82 Å². The number of nitrogens with zero attached hydrogens (tertiary/aromatic N) is 3. The number of ether oxygens (including phenoxy) is 1. The number of rotatable bonds is 3. The highest BCUT2D eigenvalue weighted by Crippen LogP contribution is 2.24. The summed E-state index contributed by atoms with van der Waals surface area (Å²) in [6, 6.07) is -0.643. The van der Waals surface area contributed by atoms with Gasteiger partial charge in [0.05, 0.1) is 5.88 Å². The van der Waals surface area contributed by atoms with Crippen LogP contribution in [0.3, 0.4) is 0 Å². The number of carbonyl (C=O) groups excluding carboxylic acids is 2. The van der Waals surface area contributed by atoms with Gasteiger partial charge in [-0.25, -0.2) is 4.79 Å². The molecule has 0 aromatic carbocycles. The van der Waals surface area contributed by atoms with Crippen LogP contribution in [0.4, 0.5) is 10.7 Å². The van der Waals surface area contributed by atoms with Crippen molar-refractivity contribution in [1.29, 1.82) is 0 Å². The Morgan fingerprint density at radius 2 is 2.27 bits per heavy atom. The number of amides is 2. The SMILES string of the molecule is CC(C)(C)OC(=O)N1CSC[C@@H]1C(=O)Nc1n[nH]c(CO)n1. The zero-order valence-electron chi connectivity index (χ0n) is 12.6. The Morgan fingerprint density at radius 3 is 2.86 bits per heavy atom. The number of aliphatic hydroxyl groups excluding tert-OH is 1. The van der Waals surface area contributed by atoms with E-state index in [-0.39, 0.29) is 24.3 Å².